The summed E-state index contributed by atoms with van der Waals surface area (Å²) in [6, 6.07) is 28.7. The van der Waals surface area contributed by atoms with Crippen molar-refractivity contribution in [1.29, 1.82) is 0 Å². The first-order valence-electron chi connectivity index (χ1n) is 10.6. The molecule has 4 nitrogen and oxygen atoms in total. The van der Waals surface area contributed by atoms with Crippen LogP contribution in [0.2, 0.25) is 0 Å². The van der Waals surface area contributed by atoms with Gasteiger partial charge in [-0.1, -0.05) is 84.4 Å². The van der Waals surface area contributed by atoms with Gasteiger partial charge in [-0.05, 0) is 46.5 Å². The van der Waals surface area contributed by atoms with Crippen molar-refractivity contribution in [3.8, 4) is 0 Å². The molecule has 1 atom stereocenters. The maximum atomic E-state index is 13.5. The molecule has 0 N–H and O–H groups in total. The number of hydrogen-bond donors (Lipinski definition) is 0. The van der Waals surface area contributed by atoms with Gasteiger partial charge in [-0.3, -0.25) is 4.79 Å². The summed E-state index contributed by atoms with van der Waals surface area (Å²) in [7, 11) is -3.97. The van der Waals surface area contributed by atoms with Crippen molar-refractivity contribution in [3.63, 3.8) is 0 Å². The van der Waals surface area contributed by atoms with Crippen LogP contribution < -0.4 is 0 Å². The molecule has 0 aliphatic carbocycles. The van der Waals surface area contributed by atoms with E-state index in [0.29, 0.717) is 0 Å². The number of hydrogen-bond acceptors (Lipinski definition) is 3. The van der Waals surface area contributed by atoms with Crippen LogP contribution in [0.25, 0.3) is 10.8 Å². The minimum absolute atomic E-state index is 0.0609. The van der Waals surface area contributed by atoms with Crippen LogP contribution >= 0.6 is 0 Å². The van der Waals surface area contributed by atoms with E-state index in [9.17, 15) is 13.2 Å². The molecule has 1 aliphatic rings. The van der Waals surface area contributed by atoms with Crippen LogP contribution in [0.15, 0.2) is 95.9 Å². The highest BCUT2D eigenvalue weighted by atomic mass is 32.2. The minimum Gasteiger partial charge on any atom is -0.273 e. The number of benzene rings is 4. The topological polar surface area (TPSA) is 54.5 Å². The fourth-order valence-electron chi connectivity index (χ4n) is 4.43. The Morgan fingerprint density at radius 2 is 1.50 bits per heavy atom. The second-order valence-electron chi connectivity index (χ2n) is 8.28. The Bertz CT molecular complexity index is 1430. The Morgan fingerprint density at radius 3 is 2.28 bits per heavy atom. The van der Waals surface area contributed by atoms with Crippen molar-refractivity contribution in [2.45, 2.75) is 24.2 Å². The van der Waals surface area contributed by atoms with Crippen molar-refractivity contribution >= 4 is 26.7 Å². The van der Waals surface area contributed by atoms with E-state index in [0.717, 1.165) is 37.3 Å². The Labute approximate surface area is 188 Å². The number of carbonyl (C=O) groups excluding carboxylic acids is 1. The number of nitrogens with zero attached hydrogens (tertiary/aromatic N) is 1. The van der Waals surface area contributed by atoms with E-state index in [1.807, 2.05) is 55.5 Å². The van der Waals surface area contributed by atoms with E-state index >= 15 is 0 Å². The van der Waals surface area contributed by atoms with Crippen LogP contribution in [0.3, 0.4) is 0 Å². The SMILES string of the molecule is Cc1ccc(S(=O)(=O)N2CC(c3ccc4ccccc4c3)c3ccccc3CC2=O)cc1. The molecule has 160 valence electrons. The fourth-order valence-corrected chi connectivity index (χ4v) is 5.84. The lowest BCUT2D eigenvalue weighted by atomic mass is 9.87. The van der Waals surface area contributed by atoms with Gasteiger partial charge in [-0.25, -0.2) is 12.7 Å². The summed E-state index contributed by atoms with van der Waals surface area (Å²) in [5, 5.41) is 2.21. The first kappa shape index (κ1) is 20.5. The fraction of sp³-hybridized carbons (Fsp3) is 0.148. The zero-order chi connectivity index (χ0) is 22.3. The molecule has 0 saturated carbocycles. The Kier molecular flexibility index (Phi) is 5.06. The lowest BCUT2D eigenvalue weighted by Crippen LogP contribution is -2.39. The highest BCUT2D eigenvalue weighted by Gasteiger charge is 2.36. The summed E-state index contributed by atoms with van der Waals surface area (Å²) in [6.45, 7) is 1.98. The largest absolute Gasteiger partial charge is 0.273 e. The van der Waals surface area contributed by atoms with Crippen LogP contribution in [0, 0.1) is 6.92 Å². The van der Waals surface area contributed by atoms with Crippen molar-refractivity contribution in [1.82, 2.24) is 4.31 Å². The van der Waals surface area contributed by atoms with Crippen molar-refractivity contribution in [2.24, 2.45) is 0 Å². The summed E-state index contributed by atoms with van der Waals surface area (Å²) >= 11 is 0. The van der Waals surface area contributed by atoms with Gasteiger partial charge in [0.05, 0.1) is 11.3 Å². The molecule has 0 bridgehead atoms. The molecule has 0 saturated heterocycles. The Hall–Kier alpha value is -3.44. The maximum absolute atomic E-state index is 13.5. The van der Waals surface area contributed by atoms with Gasteiger partial charge in [0.15, 0.2) is 0 Å². The average molecular weight is 442 g/mol. The van der Waals surface area contributed by atoms with Gasteiger partial charge < -0.3 is 0 Å². The molecule has 5 heteroatoms. The predicted octanol–water partition coefficient (Wildman–Crippen LogP) is 5.05. The van der Waals surface area contributed by atoms with Crippen LogP contribution in [0.4, 0.5) is 0 Å². The summed E-state index contributed by atoms with van der Waals surface area (Å²) in [6.07, 6.45) is 0.0609. The van der Waals surface area contributed by atoms with E-state index in [1.54, 1.807) is 24.3 Å². The molecule has 1 heterocycles. The molecular formula is C27H23NO3S. The normalized spacial score (nSPS) is 16.6. The molecule has 4 aromatic rings. The summed E-state index contributed by atoms with van der Waals surface area (Å²) < 4.78 is 28.1. The molecule has 1 aliphatic heterocycles. The number of carbonyl (C=O) groups is 1. The van der Waals surface area contributed by atoms with E-state index in [-0.39, 0.29) is 23.8 Å². The van der Waals surface area contributed by atoms with Crippen molar-refractivity contribution in [2.75, 3.05) is 6.54 Å². The molecule has 0 aromatic heterocycles. The van der Waals surface area contributed by atoms with E-state index in [2.05, 4.69) is 18.2 Å². The van der Waals surface area contributed by atoms with Gasteiger partial charge in [0.2, 0.25) is 5.91 Å². The predicted molar refractivity (Wildman–Crippen MR) is 126 cm³/mol. The lowest BCUT2D eigenvalue weighted by Gasteiger charge is -2.25. The van der Waals surface area contributed by atoms with Gasteiger partial charge in [-0.15, -0.1) is 0 Å². The van der Waals surface area contributed by atoms with Crippen molar-refractivity contribution in [3.05, 3.63) is 113 Å². The molecule has 1 unspecified atom stereocenters. The molecule has 1 amide bonds. The monoisotopic (exact) mass is 441 g/mol. The van der Waals surface area contributed by atoms with Gasteiger partial charge in [-0.2, -0.15) is 0 Å². The minimum atomic E-state index is -3.97. The summed E-state index contributed by atoms with van der Waals surface area (Å²) in [4.78, 5) is 13.3. The second kappa shape index (κ2) is 7.92. The van der Waals surface area contributed by atoms with Gasteiger partial charge in [0.1, 0.15) is 0 Å². The first-order chi connectivity index (χ1) is 15.4. The number of sulfonamides is 1. The van der Waals surface area contributed by atoms with Crippen LogP contribution in [0.1, 0.15) is 28.2 Å². The molecule has 32 heavy (non-hydrogen) atoms. The van der Waals surface area contributed by atoms with Crippen molar-refractivity contribution < 1.29 is 13.2 Å². The molecule has 5 rings (SSSR count). The number of fused-ring (bicyclic) bond motifs is 2. The van der Waals surface area contributed by atoms with Crippen LogP contribution in [-0.2, 0) is 21.2 Å². The number of amides is 1. The smallest absolute Gasteiger partial charge is 0.266 e. The molecule has 4 aromatic carbocycles. The molecule has 0 spiro atoms. The Morgan fingerprint density at radius 1 is 0.812 bits per heavy atom. The van der Waals surface area contributed by atoms with Gasteiger partial charge in [0.25, 0.3) is 10.0 Å². The zero-order valence-corrected chi connectivity index (χ0v) is 18.5. The van der Waals surface area contributed by atoms with E-state index < -0.39 is 15.9 Å². The quantitative estimate of drug-likeness (QED) is 0.447. The third kappa shape index (κ3) is 3.59. The first-order valence-corrected chi connectivity index (χ1v) is 12.1. The maximum Gasteiger partial charge on any atom is 0.266 e. The van der Waals surface area contributed by atoms with Crippen LogP contribution in [0.5, 0.6) is 0 Å². The van der Waals surface area contributed by atoms with E-state index in [1.165, 1.54) is 0 Å². The summed E-state index contributed by atoms with van der Waals surface area (Å²) in [5.41, 5.74) is 3.83. The number of aryl methyl sites for hydroxylation is 1. The van der Waals surface area contributed by atoms with E-state index in [4.69, 9.17) is 0 Å². The molecule has 0 fully saturated rings. The molecular weight excluding hydrogens is 418 g/mol. The van der Waals surface area contributed by atoms with Gasteiger partial charge >= 0.3 is 0 Å². The summed E-state index contributed by atoms with van der Waals surface area (Å²) in [5.74, 6) is -0.649. The lowest BCUT2D eigenvalue weighted by molar-refractivity contribution is -0.125. The zero-order valence-electron chi connectivity index (χ0n) is 17.7. The molecule has 0 radical (unpaired) electrons. The third-order valence-electron chi connectivity index (χ3n) is 6.18. The van der Waals surface area contributed by atoms with Crippen LogP contribution in [-0.4, -0.2) is 25.2 Å². The second-order valence-corrected chi connectivity index (χ2v) is 10.1. The number of rotatable bonds is 3. The third-order valence-corrected chi connectivity index (χ3v) is 7.98. The Balaban J connectivity index is 1.64. The van der Waals surface area contributed by atoms with Gasteiger partial charge in [0, 0.05) is 12.5 Å². The highest BCUT2D eigenvalue weighted by Crippen LogP contribution is 2.35. The standard InChI is InChI=1S/C27H23NO3S/c1-19-10-14-24(15-11-19)32(30,31)28-18-26(25-9-5-4-8-22(25)17-27(28)29)23-13-12-20-6-2-3-7-21(20)16-23/h2-16,26H,17-18H2,1H3. The average Bonchev–Trinajstić information content (AvgIpc) is 2.95. The highest BCUT2D eigenvalue weighted by molar-refractivity contribution is 7.89.